The van der Waals surface area contributed by atoms with Gasteiger partial charge in [0.1, 0.15) is 48.4 Å². The minimum atomic E-state index is -4.00. The van der Waals surface area contributed by atoms with Gasteiger partial charge in [-0.2, -0.15) is 0 Å². The van der Waals surface area contributed by atoms with Crippen molar-refractivity contribution in [1.82, 2.24) is 19.6 Å². The van der Waals surface area contributed by atoms with E-state index in [9.17, 15) is 30.1 Å². The molecule has 0 aliphatic carbocycles. The Morgan fingerprint density at radius 3 is 0.725 bits per heavy atom. The number of methoxy groups -OCH3 is 8. The highest BCUT2D eigenvalue weighted by molar-refractivity contribution is 5.77. The molecule has 4 aromatic carbocycles. The average Bonchev–Trinajstić information content (AvgIpc) is 0.676. The summed E-state index contributed by atoms with van der Waals surface area (Å²) in [6.07, 6.45) is -28.3. The molecule has 4 fully saturated rings. The van der Waals surface area contributed by atoms with E-state index < -0.39 is 455 Å². The molecule has 0 saturated carbocycles. The molecule has 8 aliphatic rings. The van der Waals surface area contributed by atoms with Crippen LogP contribution in [0.3, 0.4) is 0 Å². The molecule has 4 aromatic rings. The highest BCUT2D eigenvalue weighted by atomic mass is 16.6. The molecule has 16 atom stereocenters. The van der Waals surface area contributed by atoms with Crippen LogP contribution in [0.4, 0.5) is 0 Å². The Balaban J connectivity index is 0.000000275. The number of hydrogen-bond donors (Lipinski definition) is 4. The Bertz CT molecular complexity index is 6920. The number of ether oxygens (including phenoxy) is 12. The van der Waals surface area contributed by atoms with Crippen LogP contribution in [0.2, 0.25) is 0 Å². The summed E-state index contributed by atoms with van der Waals surface area (Å²) in [5.74, 6) is -35.9. The van der Waals surface area contributed by atoms with Crippen molar-refractivity contribution in [3.8, 4) is 46.0 Å². The molecule has 0 bridgehead atoms. The van der Waals surface area contributed by atoms with Crippen molar-refractivity contribution in [2.24, 2.45) is 93.9 Å². The number of esters is 4. The molecule has 0 spiro atoms. The fourth-order valence-electron chi connectivity index (χ4n) is 14.0. The highest BCUT2D eigenvalue weighted by Gasteiger charge is 2.47. The first-order valence-corrected chi connectivity index (χ1v) is 37.6. The Morgan fingerprint density at radius 2 is 0.550 bits per heavy atom. The van der Waals surface area contributed by atoms with Crippen LogP contribution in [0.1, 0.15) is 326 Å². The second-order valence-electron chi connectivity index (χ2n) is 29.8. The van der Waals surface area contributed by atoms with Gasteiger partial charge in [-0.3, -0.25) is 38.8 Å². The molecule has 8 N–H and O–H groups in total. The third kappa shape index (κ3) is 23.8. The van der Waals surface area contributed by atoms with Gasteiger partial charge in [-0.25, -0.2) is 0 Å². The monoisotopic (exact) mass is 1740 g/mol. The van der Waals surface area contributed by atoms with E-state index in [1.807, 2.05) is 0 Å². The van der Waals surface area contributed by atoms with Crippen molar-refractivity contribution in [1.29, 1.82) is 0 Å². The number of piperidine rings is 4. The van der Waals surface area contributed by atoms with Crippen LogP contribution in [0.15, 0.2) is 48.3 Å². The van der Waals surface area contributed by atoms with Gasteiger partial charge in [0.15, 0.2) is 46.0 Å². The summed E-state index contributed by atoms with van der Waals surface area (Å²) in [7, 11) is -0.0924. The molecule has 120 heavy (non-hydrogen) atoms. The maximum Gasteiger partial charge on any atom is 0.323 e. The first-order valence-electron chi connectivity index (χ1n) is 72.6. The Labute approximate surface area is 817 Å². The molecular weight excluding hydrogens is 1520 g/mol. The molecule has 8 aliphatic heterocycles. The molecule has 24 heteroatoms. The molecule has 24 nitrogen and oxygen atoms in total. The van der Waals surface area contributed by atoms with Gasteiger partial charge in [0.25, 0.3) is 0 Å². The van der Waals surface area contributed by atoms with Crippen LogP contribution in [0.25, 0.3) is 0 Å². The molecule has 0 amide bonds. The predicted molar refractivity (Wildman–Crippen MR) is 471 cm³/mol. The summed E-state index contributed by atoms with van der Waals surface area (Å²) in [5.41, 5.74) is 16.7. The van der Waals surface area contributed by atoms with Crippen LogP contribution < -0.4 is 60.8 Å². The van der Waals surface area contributed by atoms with Crippen LogP contribution in [0, 0.1) is 70.9 Å². The summed E-state index contributed by atoms with van der Waals surface area (Å²) < 4.78 is 646. The molecule has 0 radical (unpaired) electrons. The minimum absolute atomic E-state index is 0.0290. The topological polar surface area (TPSA) is 296 Å². The number of nitrogens with zero attached hydrogens (tertiary/aromatic N) is 4. The zero-order valence-corrected chi connectivity index (χ0v) is 68.7. The second kappa shape index (κ2) is 43.9. The lowest BCUT2D eigenvalue weighted by Gasteiger charge is -2.47. The van der Waals surface area contributed by atoms with Crippen LogP contribution >= 0.6 is 0 Å². The van der Waals surface area contributed by atoms with Crippen molar-refractivity contribution in [2.45, 2.75) is 260 Å². The van der Waals surface area contributed by atoms with Crippen molar-refractivity contribution in [2.75, 3.05) is 109 Å². The van der Waals surface area contributed by atoms with E-state index in [4.69, 9.17) is 165 Å². The number of hydrogen-bond acceptors (Lipinski definition) is 24. The number of benzene rings is 4. The molecule has 672 valence electrons. The zero-order valence-electron chi connectivity index (χ0n) is 139. The van der Waals surface area contributed by atoms with E-state index >= 15 is 0 Å². The number of carbonyl (C=O) groups is 4. The summed E-state index contributed by atoms with van der Waals surface area (Å²) in [5, 5.41) is 0. The molecule has 4 saturated heterocycles. The van der Waals surface area contributed by atoms with Crippen molar-refractivity contribution >= 4 is 23.9 Å². The van der Waals surface area contributed by atoms with Crippen LogP contribution in [-0.4, -0.2) is 201 Å². The SMILES string of the molecule is [2H]c1c(OC)c(OC([2H])([2H])[2H])c([2H])c2c1C1([2H])CC([2H])(OC(=O)[C@@]([2H])(N)C([2H])(C([2H])([2H])[2H])C([2H])([2H])[2H])C(CC(C)C)CN1C([2H])([2H])C2([2H])[2H].[2H]c1c(OC)c(OC([2H])([2H])[2H])c([2H])c2c1C1([2H])CC([2H])(OC(=O)[C@@]([2H])(N)C([2H])(C([2H])([2H])[2H])C([2H])([2H])[2H])C(CC(C)C)CN1C([2H])([2H])C2([2H])[2H].[2H]c1c(OC)c(OC)c([2H])c2c1C1([2H])CC([2H])(OC(=O)[C@@]([2H])(N)C([2H])(C([2H])([2H])[2H])C([2H])([2H])[2H])C(CC(C)C)CN1C([2H])([2H])C2([2H])[2H].[2H]c1c(OC)c(OC)c([2H])c2c1C1([2H])CC([2H])(OC(=O)[C@@]([2H])(N)C([2H])(C([2H])([2H])[2H])C([2H])([2H])[2H])C(CC(C)C)CN1C([2H])([2H])C2([2H])[2H]. The molecular formula is C96H152N8O16. The van der Waals surface area contributed by atoms with Crippen LogP contribution in [-0.2, 0) is 63.6 Å². The number of nitrogens with two attached hydrogens (primary N) is 4. The maximum atomic E-state index is 13.6. The first-order chi connectivity index (χ1) is 84.1. The standard InChI is InChI=1S/4C24H38N2O4/c4*1-14(2)9-17-13-26-8-7-16-10-21(28-5)22(29-6)11-18(16)19(26)12-20(17)30-24(27)23(25)15(3)4/h4*10-11,14-15,17,19-20,23H,7-9,12-13,25H2,1-6H3/t4*17?,19?,20?,23-/m0000/s1/i2*3D3,4D3,5D3,7D2,8D2,10D,11D,15D,19D,20D,23D;2*3D3,4D3,7D2,8D2,10D,11D,15D,19D,20D,23D. The van der Waals surface area contributed by atoms with E-state index in [-0.39, 0.29) is 49.4 Å². The Hall–Kier alpha value is -7.16. The second-order valence-corrected chi connectivity index (χ2v) is 29.8. The van der Waals surface area contributed by atoms with E-state index in [1.165, 1.54) is 0 Å². The number of rotatable bonds is 28. The van der Waals surface area contributed by atoms with Crippen molar-refractivity contribution in [3.05, 3.63) is 92.8 Å². The lowest BCUT2D eigenvalue weighted by atomic mass is 9.79. The van der Waals surface area contributed by atoms with Gasteiger partial charge in [-0.05, 0) is 191 Å². The number of carbonyl (C=O) groups excluding carboxylic acids is 4. The molecule has 0 aromatic heterocycles. The van der Waals surface area contributed by atoms with Gasteiger partial charge in [0, 0.05) is 186 Å². The number of fused-ring (bicyclic) bond motifs is 12. The quantitative estimate of drug-likeness (QED) is 0.0303. The van der Waals surface area contributed by atoms with Crippen LogP contribution in [0.5, 0.6) is 46.0 Å². The summed E-state index contributed by atoms with van der Waals surface area (Å²) in [6.45, 7) is -32.8. The van der Waals surface area contributed by atoms with Gasteiger partial charge >= 0.3 is 23.9 Å². The van der Waals surface area contributed by atoms with Gasteiger partial charge in [-0.1, -0.05) is 110 Å². The molecule has 8 heterocycles. The fraction of sp³-hybridized carbons (Fsp3) is 0.708. The average molecular weight is 1740 g/mol. The molecule has 12 rings (SSSR count). The van der Waals surface area contributed by atoms with Gasteiger partial charge < -0.3 is 79.8 Å². The third-order valence-electron chi connectivity index (χ3n) is 19.6. The smallest absolute Gasteiger partial charge is 0.323 e. The van der Waals surface area contributed by atoms with Gasteiger partial charge in [-0.15, -0.1) is 0 Å². The Kier molecular flexibility index (Phi) is 14.2. The normalized spacial score (nSPS) is 44.1. The first kappa shape index (κ1) is 38.8. The third-order valence-corrected chi connectivity index (χ3v) is 19.6. The molecule has 12 unspecified atom stereocenters. The van der Waals surface area contributed by atoms with E-state index in [0.717, 1.165) is 52.5 Å². The highest BCUT2D eigenvalue weighted by Crippen LogP contribution is 2.50. The van der Waals surface area contributed by atoms with Gasteiger partial charge in [0.2, 0.25) is 0 Å². The Morgan fingerprint density at radius 1 is 0.358 bits per heavy atom. The van der Waals surface area contributed by atoms with E-state index in [2.05, 4.69) is 0 Å². The zero-order chi connectivity index (χ0) is 149. The van der Waals surface area contributed by atoms with E-state index in [1.54, 1.807) is 55.4 Å². The summed E-state index contributed by atoms with van der Waals surface area (Å²) >= 11 is 0. The fourth-order valence-corrected chi connectivity index (χ4v) is 14.0. The van der Waals surface area contributed by atoms with Gasteiger partial charge in [0.05, 0.1) is 92.4 Å². The van der Waals surface area contributed by atoms with E-state index in [0.29, 0.717) is 9.80 Å². The van der Waals surface area contributed by atoms with Crippen molar-refractivity contribution in [3.63, 3.8) is 0 Å². The largest absolute Gasteiger partial charge is 0.493 e. The maximum absolute atomic E-state index is 13.6. The summed E-state index contributed by atoms with van der Waals surface area (Å²) in [6, 6.07) is -33.1. The lowest BCUT2D eigenvalue weighted by Crippen LogP contribution is -2.51. The predicted octanol–water partition coefficient (Wildman–Crippen LogP) is 14.3. The lowest BCUT2D eigenvalue weighted by molar-refractivity contribution is -0.161. The minimum Gasteiger partial charge on any atom is -0.493 e. The van der Waals surface area contributed by atoms with Crippen molar-refractivity contribution < 1.29 is 172 Å². The summed E-state index contributed by atoms with van der Waals surface area (Å²) in [4.78, 5) is 57.2.